The van der Waals surface area contributed by atoms with Gasteiger partial charge in [0, 0.05) is 44.6 Å². The number of hydrogen-bond acceptors (Lipinski definition) is 7. The minimum absolute atomic E-state index is 0.111. The zero-order chi connectivity index (χ0) is 18.5. The maximum atomic E-state index is 12.4. The molecule has 3 rings (SSSR count). The van der Waals surface area contributed by atoms with E-state index < -0.39 is 4.92 Å². The molecule has 0 unspecified atom stereocenters. The van der Waals surface area contributed by atoms with E-state index in [1.165, 1.54) is 6.07 Å². The molecule has 1 aliphatic rings. The van der Waals surface area contributed by atoms with Gasteiger partial charge in [0.25, 0.3) is 5.91 Å². The quantitative estimate of drug-likeness (QED) is 0.589. The largest absolute Gasteiger partial charge is 0.477 e. The summed E-state index contributed by atoms with van der Waals surface area (Å²) in [4.78, 5) is 35.0. The van der Waals surface area contributed by atoms with E-state index in [-0.39, 0.29) is 24.0 Å². The average molecular weight is 357 g/mol. The number of anilines is 1. The molecule has 26 heavy (non-hydrogen) atoms. The number of carbonyl (C=O) groups excluding carboxylic acids is 1. The Morgan fingerprint density at radius 3 is 2.58 bits per heavy atom. The third-order valence-electron chi connectivity index (χ3n) is 4.13. The Morgan fingerprint density at radius 2 is 1.92 bits per heavy atom. The predicted molar refractivity (Wildman–Crippen MR) is 94.2 cm³/mol. The Morgan fingerprint density at radius 1 is 1.23 bits per heavy atom. The second kappa shape index (κ2) is 7.77. The standard InChI is InChI=1S/C17H19N5O4/c1-13-3-4-14(22(24)25)15(11-13)26-12-16(23)20-7-9-21(10-8-20)17-18-5-2-6-19-17/h2-6,11H,7-10,12H2,1H3. The highest BCUT2D eigenvalue weighted by Crippen LogP contribution is 2.27. The van der Waals surface area contributed by atoms with E-state index in [4.69, 9.17) is 4.74 Å². The number of ether oxygens (including phenoxy) is 1. The minimum Gasteiger partial charge on any atom is -0.477 e. The first-order chi connectivity index (χ1) is 12.5. The van der Waals surface area contributed by atoms with E-state index >= 15 is 0 Å². The van der Waals surface area contributed by atoms with Crippen molar-refractivity contribution in [1.29, 1.82) is 0 Å². The van der Waals surface area contributed by atoms with Gasteiger partial charge in [-0.05, 0) is 24.6 Å². The van der Waals surface area contributed by atoms with Crippen molar-refractivity contribution in [1.82, 2.24) is 14.9 Å². The zero-order valence-corrected chi connectivity index (χ0v) is 14.4. The lowest BCUT2D eigenvalue weighted by atomic mass is 10.2. The van der Waals surface area contributed by atoms with E-state index in [1.807, 2.05) is 11.8 Å². The molecule has 1 aromatic carbocycles. The highest BCUT2D eigenvalue weighted by Gasteiger charge is 2.23. The number of aromatic nitrogens is 2. The normalized spacial score (nSPS) is 14.2. The van der Waals surface area contributed by atoms with Crippen LogP contribution in [-0.4, -0.2) is 58.5 Å². The molecule has 0 spiro atoms. The maximum absolute atomic E-state index is 12.4. The number of amides is 1. The lowest BCUT2D eigenvalue weighted by Gasteiger charge is -2.34. The summed E-state index contributed by atoms with van der Waals surface area (Å²) in [6.45, 7) is 3.88. The molecular weight excluding hydrogens is 338 g/mol. The molecule has 1 saturated heterocycles. The van der Waals surface area contributed by atoms with Crippen LogP contribution in [0.25, 0.3) is 0 Å². The predicted octanol–water partition coefficient (Wildman–Crippen LogP) is 1.42. The smallest absolute Gasteiger partial charge is 0.310 e. The van der Waals surface area contributed by atoms with E-state index in [2.05, 4.69) is 9.97 Å². The van der Waals surface area contributed by atoms with Crippen molar-refractivity contribution >= 4 is 17.5 Å². The SMILES string of the molecule is Cc1ccc([N+](=O)[O-])c(OCC(=O)N2CCN(c3ncccn3)CC2)c1. The maximum Gasteiger partial charge on any atom is 0.310 e. The van der Waals surface area contributed by atoms with Gasteiger partial charge in [0.2, 0.25) is 5.95 Å². The molecule has 0 bridgehead atoms. The molecule has 0 saturated carbocycles. The van der Waals surface area contributed by atoms with Crippen molar-refractivity contribution in [2.24, 2.45) is 0 Å². The molecule has 1 fully saturated rings. The van der Waals surface area contributed by atoms with Crippen molar-refractivity contribution in [2.75, 3.05) is 37.7 Å². The Balaban J connectivity index is 1.55. The summed E-state index contributed by atoms with van der Waals surface area (Å²) in [5.74, 6) is 0.556. The molecule has 0 atom stereocenters. The van der Waals surface area contributed by atoms with E-state index in [9.17, 15) is 14.9 Å². The van der Waals surface area contributed by atoms with Crippen LogP contribution in [0, 0.1) is 17.0 Å². The Labute approximate surface area is 150 Å². The summed E-state index contributed by atoms with van der Waals surface area (Å²) in [6, 6.07) is 6.34. The summed E-state index contributed by atoms with van der Waals surface area (Å²) in [5.41, 5.74) is 0.684. The van der Waals surface area contributed by atoms with Crippen molar-refractivity contribution < 1.29 is 14.5 Å². The van der Waals surface area contributed by atoms with Gasteiger partial charge in [-0.15, -0.1) is 0 Å². The van der Waals surface area contributed by atoms with Crippen LogP contribution in [-0.2, 0) is 4.79 Å². The summed E-state index contributed by atoms with van der Waals surface area (Å²) in [6.07, 6.45) is 3.37. The molecule has 1 amide bonds. The van der Waals surface area contributed by atoms with E-state index in [0.29, 0.717) is 32.1 Å². The van der Waals surface area contributed by atoms with Crippen LogP contribution in [0.5, 0.6) is 5.75 Å². The topological polar surface area (TPSA) is 102 Å². The van der Waals surface area contributed by atoms with Gasteiger partial charge < -0.3 is 14.5 Å². The molecule has 0 radical (unpaired) electrons. The third kappa shape index (κ3) is 4.05. The number of piperazine rings is 1. The fraction of sp³-hybridized carbons (Fsp3) is 0.353. The van der Waals surface area contributed by atoms with Crippen molar-refractivity contribution in [3.8, 4) is 5.75 Å². The molecule has 136 valence electrons. The second-order valence-corrected chi connectivity index (χ2v) is 5.93. The first-order valence-electron chi connectivity index (χ1n) is 8.22. The van der Waals surface area contributed by atoms with Gasteiger partial charge in [-0.25, -0.2) is 9.97 Å². The van der Waals surface area contributed by atoms with Gasteiger partial charge in [0.15, 0.2) is 12.4 Å². The fourth-order valence-electron chi connectivity index (χ4n) is 2.73. The molecule has 1 aromatic heterocycles. The number of carbonyl (C=O) groups is 1. The van der Waals surface area contributed by atoms with E-state index in [0.717, 1.165) is 5.56 Å². The summed E-state index contributed by atoms with van der Waals surface area (Å²) >= 11 is 0. The van der Waals surface area contributed by atoms with Crippen LogP contribution < -0.4 is 9.64 Å². The minimum atomic E-state index is -0.516. The monoisotopic (exact) mass is 357 g/mol. The highest BCUT2D eigenvalue weighted by molar-refractivity contribution is 5.78. The first-order valence-corrected chi connectivity index (χ1v) is 8.22. The van der Waals surface area contributed by atoms with Crippen molar-refractivity contribution in [2.45, 2.75) is 6.92 Å². The molecule has 9 heteroatoms. The van der Waals surface area contributed by atoms with Crippen LogP contribution >= 0.6 is 0 Å². The van der Waals surface area contributed by atoms with Crippen LogP contribution in [0.2, 0.25) is 0 Å². The second-order valence-electron chi connectivity index (χ2n) is 5.93. The number of nitrogens with zero attached hydrogens (tertiary/aromatic N) is 5. The number of benzene rings is 1. The molecule has 0 aliphatic carbocycles. The summed E-state index contributed by atoms with van der Waals surface area (Å²) in [5, 5.41) is 11.1. The van der Waals surface area contributed by atoms with Crippen LogP contribution in [0.15, 0.2) is 36.7 Å². The lowest BCUT2D eigenvalue weighted by Crippen LogP contribution is -2.50. The third-order valence-corrected chi connectivity index (χ3v) is 4.13. The van der Waals surface area contributed by atoms with Crippen molar-refractivity contribution in [3.63, 3.8) is 0 Å². The van der Waals surface area contributed by atoms with Crippen LogP contribution in [0.4, 0.5) is 11.6 Å². The number of aryl methyl sites for hydroxylation is 1. The number of nitro benzene ring substituents is 1. The fourth-order valence-corrected chi connectivity index (χ4v) is 2.73. The average Bonchev–Trinajstić information content (AvgIpc) is 2.66. The van der Waals surface area contributed by atoms with Gasteiger partial charge in [-0.3, -0.25) is 14.9 Å². The molecule has 2 aromatic rings. The number of rotatable bonds is 5. The van der Waals surface area contributed by atoms with Crippen LogP contribution in [0.3, 0.4) is 0 Å². The molecule has 9 nitrogen and oxygen atoms in total. The van der Waals surface area contributed by atoms with Gasteiger partial charge in [-0.2, -0.15) is 0 Å². The van der Waals surface area contributed by atoms with E-state index in [1.54, 1.807) is 35.5 Å². The van der Waals surface area contributed by atoms with Gasteiger partial charge >= 0.3 is 5.69 Å². The lowest BCUT2D eigenvalue weighted by molar-refractivity contribution is -0.385. The van der Waals surface area contributed by atoms with Gasteiger partial charge in [0.05, 0.1) is 4.92 Å². The number of nitro groups is 1. The summed E-state index contributed by atoms with van der Waals surface area (Å²) in [7, 11) is 0. The molecule has 2 heterocycles. The van der Waals surface area contributed by atoms with Gasteiger partial charge in [0.1, 0.15) is 0 Å². The number of hydrogen-bond donors (Lipinski definition) is 0. The van der Waals surface area contributed by atoms with Crippen LogP contribution in [0.1, 0.15) is 5.56 Å². The molecule has 0 N–H and O–H groups in total. The van der Waals surface area contributed by atoms with Gasteiger partial charge in [-0.1, -0.05) is 6.07 Å². The summed E-state index contributed by atoms with van der Waals surface area (Å²) < 4.78 is 5.43. The Bertz CT molecular complexity index is 791. The molecular formula is C17H19N5O4. The van der Waals surface area contributed by atoms with Crippen molar-refractivity contribution in [3.05, 3.63) is 52.3 Å². The highest BCUT2D eigenvalue weighted by atomic mass is 16.6. The Hall–Kier alpha value is -3.23. The molecule has 1 aliphatic heterocycles. The Kier molecular flexibility index (Phi) is 5.26. The zero-order valence-electron chi connectivity index (χ0n) is 14.4. The first kappa shape index (κ1) is 17.6.